The van der Waals surface area contributed by atoms with Crippen LogP contribution in [0.3, 0.4) is 0 Å². The van der Waals surface area contributed by atoms with E-state index in [1.54, 1.807) is 6.07 Å². The van der Waals surface area contributed by atoms with Gasteiger partial charge in [0.05, 0.1) is 4.92 Å². The van der Waals surface area contributed by atoms with Gasteiger partial charge in [-0.3, -0.25) is 10.1 Å². The van der Waals surface area contributed by atoms with Crippen molar-refractivity contribution in [3.05, 3.63) is 33.9 Å². The number of rotatable bonds is 4. The van der Waals surface area contributed by atoms with Crippen LogP contribution < -0.4 is 5.32 Å². The van der Waals surface area contributed by atoms with Gasteiger partial charge >= 0.3 is 0 Å². The molecule has 0 aliphatic rings. The first-order valence-corrected chi connectivity index (χ1v) is 5.40. The molecule has 1 unspecified atom stereocenters. The van der Waals surface area contributed by atoms with Gasteiger partial charge in [-0.25, -0.2) is 0 Å². The molecule has 0 aromatic heterocycles. The molecule has 17 heavy (non-hydrogen) atoms. The normalized spacial score (nSPS) is 11.9. The third-order valence-corrected chi connectivity index (χ3v) is 2.71. The van der Waals surface area contributed by atoms with Gasteiger partial charge in [-0.1, -0.05) is 13.8 Å². The van der Waals surface area contributed by atoms with Gasteiger partial charge < -0.3 is 5.32 Å². The minimum atomic E-state index is -0.547. The van der Waals surface area contributed by atoms with Crippen LogP contribution in [0.1, 0.15) is 26.3 Å². The van der Waals surface area contributed by atoms with Crippen molar-refractivity contribution in [1.82, 2.24) is 0 Å². The minimum absolute atomic E-state index is 0.0796. The third-order valence-electron chi connectivity index (χ3n) is 2.71. The van der Waals surface area contributed by atoms with E-state index < -0.39 is 4.92 Å². The zero-order valence-corrected chi connectivity index (χ0v) is 10.1. The van der Waals surface area contributed by atoms with Gasteiger partial charge in [-0.05, 0) is 25.0 Å². The van der Waals surface area contributed by atoms with Gasteiger partial charge in [0.15, 0.2) is 0 Å². The molecule has 1 aromatic rings. The largest absolute Gasteiger partial charge is 0.382 e. The van der Waals surface area contributed by atoms with Crippen molar-refractivity contribution < 1.29 is 4.92 Å². The van der Waals surface area contributed by atoms with Gasteiger partial charge in [0.2, 0.25) is 0 Å². The summed E-state index contributed by atoms with van der Waals surface area (Å²) in [7, 11) is 0. The second kappa shape index (κ2) is 5.30. The molecule has 0 amide bonds. The summed E-state index contributed by atoms with van der Waals surface area (Å²) in [5, 5.41) is 22.7. The molecule has 1 N–H and O–H groups in total. The van der Waals surface area contributed by atoms with E-state index >= 15 is 0 Å². The first-order chi connectivity index (χ1) is 7.95. The highest BCUT2D eigenvalue weighted by molar-refractivity contribution is 5.58. The van der Waals surface area contributed by atoms with Gasteiger partial charge in [-0.2, -0.15) is 5.26 Å². The highest BCUT2D eigenvalue weighted by atomic mass is 16.6. The van der Waals surface area contributed by atoms with Crippen molar-refractivity contribution >= 4 is 11.4 Å². The monoisotopic (exact) mass is 233 g/mol. The Kier molecular flexibility index (Phi) is 4.05. The number of nitrogens with one attached hydrogen (secondary N) is 1. The fourth-order valence-electron chi connectivity index (χ4n) is 1.30. The molecule has 0 fully saturated rings. The first-order valence-electron chi connectivity index (χ1n) is 5.40. The summed E-state index contributed by atoms with van der Waals surface area (Å²) in [6.45, 7) is 6.18. The topological polar surface area (TPSA) is 79.0 Å². The Balaban J connectivity index is 2.99. The van der Waals surface area contributed by atoms with Crippen molar-refractivity contribution in [3.8, 4) is 6.07 Å². The Bertz CT molecular complexity index is 463. The Morgan fingerprint density at radius 2 is 2.06 bits per heavy atom. The lowest BCUT2D eigenvalue weighted by molar-refractivity contribution is -0.385. The summed E-state index contributed by atoms with van der Waals surface area (Å²) in [6, 6.07) is 6.57. The molecule has 0 bridgehead atoms. The molecule has 0 aliphatic heterocycles. The number of benzene rings is 1. The number of hydrogen-bond acceptors (Lipinski definition) is 4. The Hall–Kier alpha value is -2.09. The summed E-state index contributed by atoms with van der Waals surface area (Å²) < 4.78 is 0. The zero-order valence-electron chi connectivity index (χ0n) is 10.1. The lowest BCUT2D eigenvalue weighted by Crippen LogP contribution is -2.21. The van der Waals surface area contributed by atoms with E-state index in [4.69, 9.17) is 5.26 Å². The van der Waals surface area contributed by atoms with Crippen LogP contribution in [0.5, 0.6) is 0 Å². The van der Waals surface area contributed by atoms with Crippen LogP contribution in [-0.2, 0) is 0 Å². The first kappa shape index (κ1) is 13.0. The molecule has 0 saturated carbocycles. The predicted octanol–water partition coefficient (Wildman–Crippen LogP) is 2.92. The number of nitro groups is 1. The lowest BCUT2D eigenvalue weighted by Gasteiger charge is -2.18. The molecule has 0 radical (unpaired) electrons. The van der Waals surface area contributed by atoms with E-state index in [9.17, 15) is 10.1 Å². The summed E-state index contributed by atoms with van der Waals surface area (Å²) in [5.74, 6) is 0.440. The second-order valence-corrected chi connectivity index (χ2v) is 4.28. The summed E-state index contributed by atoms with van der Waals surface area (Å²) >= 11 is 0. The quantitative estimate of drug-likeness (QED) is 0.640. The maximum atomic E-state index is 10.7. The fourth-order valence-corrected chi connectivity index (χ4v) is 1.30. The average molecular weight is 233 g/mol. The Morgan fingerprint density at radius 3 is 2.53 bits per heavy atom. The van der Waals surface area contributed by atoms with Crippen molar-refractivity contribution in [1.29, 1.82) is 5.26 Å². The van der Waals surface area contributed by atoms with Crippen LogP contribution in [0.4, 0.5) is 11.4 Å². The van der Waals surface area contributed by atoms with Gasteiger partial charge in [0.25, 0.3) is 5.69 Å². The average Bonchev–Trinajstić information content (AvgIpc) is 2.28. The van der Waals surface area contributed by atoms with E-state index in [1.165, 1.54) is 12.1 Å². The van der Waals surface area contributed by atoms with Crippen LogP contribution >= 0.6 is 0 Å². The molecular formula is C12H15N3O2. The lowest BCUT2D eigenvalue weighted by atomic mass is 10.1. The van der Waals surface area contributed by atoms with Crippen LogP contribution in [0.15, 0.2) is 18.2 Å². The number of hydrogen-bond donors (Lipinski definition) is 1. The van der Waals surface area contributed by atoms with Crippen LogP contribution in [-0.4, -0.2) is 11.0 Å². The van der Waals surface area contributed by atoms with Gasteiger partial charge in [0, 0.05) is 17.8 Å². The molecule has 0 spiro atoms. The Morgan fingerprint density at radius 1 is 1.41 bits per heavy atom. The molecular weight excluding hydrogens is 218 g/mol. The summed E-state index contributed by atoms with van der Waals surface area (Å²) in [4.78, 5) is 10.1. The molecule has 0 aliphatic carbocycles. The molecule has 0 saturated heterocycles. The van der Waals surface area contributed by atoms with E-state index in [-0.39, 0.29) is 17.3 Å². The molecule has 1 rings (SSSR count). The van der Waals surface area contributed by atoms with Crippen molar-refractivity contribution in [3.63, 3.8) is 0 Å². The van der Waals surface area contributed by atoms with E-state index in [0.717, 1.165) is 5.69 Å². The smallest absolute Gasteiger partial charge is 0.287 e. The SMILES string of the molecule is CC(C)C(C)Nc1ccc([N+](=O)[O-])c(C#N)c1. The molecule has 5 heteroatoms. The number of nitriles is 1. The molecule has 0 heterocycles. The van der Waals surface area contributed by atoms with Crippen molar-refractivity contribution in [2.45, 2.75) is 26.8 Å². The van der Waals surface area contributed by atoms with Crippen molar-refractivity contribution in [2.75, 3.05) is 5.32 Å². The maximum absolute atomic E-state index is 10.7. The Labute approximate surface area is 100 Å². The number of nitrogens with zero attached hydrogens (tertiary/aromatic N) is 2. The standard InChI is InChI=1S/C12H15N3O2/c1-8(2)9(3)14-11-4-5-12(15(16)17)10(6-11)7-13/h4-6,8-9,14H,1-3H3. The van der Waals surface area contributed by atoms with Crippen LogP contribution in [0.25, 0.3) is 0 Å². The number of anilines is 1. The summed E-state index contributed by atoms with van der Waals surface area (Å²) in [5.41, 5.74) is 0.652. The molecule has 1 atom stereocenters. The summed E-state index contributed by atoms with van der Waals surface area (Å²) in [6.07, 6.45) is 0. The maximum Gasteiger partial charge on any atom is 0.287 e. The highest BCUT2D eigenvalue weighted by Gasteiger charge is 2.14. The highest BCUT2D eigenvalue weighted by Crippen LogP contribution is 2.22. The second-order valence-electron chi connectivity index (χ2n) is 4.28. The predicted molar refractivity (Wildman–Crippen MR) is 65.7 cm³/mol. The van der Waals surface area contributed by atoms with Gasteiger partial charge in [-0.15, -0.1) is 0 Å². The van der Waals surface area contributed by atoms with Crippen LogP contribution in [0.2, 0.25) is 0 Å². The van der Waals surface area contributed by atoms with E-state index in [0.29, 0.717) is 5.92 Å². The molecule has 1 aromatic carbocycles. The van der Waals surface area contributed by atoms with Crippen LogP contribution in [0, 0.1) is 27.4 Å². The molecule has 90 valence electrons. The minimum Gasteiger partial charge on any atom is -0.382 e. The van der Waals surface area contributed by atoms with Gasteiger partial charge in [0.1, 0.15) is 11.6 Å². The fraction of sp³-hybridized carbons (Fsp3) is 0.417. The third kappa shape index (κ3) is 3.18. The molecule has 5 nitrogen and oxygen atoms in total. The number of nitro benzene ring substituents is 1. The van der Waals surface area contributed by atoms with E-state index in [2.05, 4.69) is 19.2 Å². The van der Waals surface area contributed by atoms with E-state index in [1.807, 2.05) is 13.0 Å². The van der Waals surface area contributed by atoms with Crippen molar-refractivity contribution in [2.24, 2.45) is 5.92 Å². The zero-order chi connectivity index (χ0) is 13.0.